The van der Waals surface area contributed by atoms with E-state index >= 15 is 0 Å². The van der Waals surface area contributed by atoms with Crippen molar-refractivity contribution in [3.8, 4) is 0 Å². The molecular weight excluding hydrogens is 110 g/mol. The Labute approximate surface area is 47.0 Å². The SMILES string of the molecule is CCCNC=S=O. The highest BCUT2D eigenvalue weighted by Gasteiger charge is 1.70. The van der Waals surface area contributed by atoms with Gasteiger partial charge in [-0.15, -0.1) is 0 Å². The van der Waals surface area contributed by atoms with Gasteiger partial charge in [0.1, 0.15) is 11.3 Å². The predicted octanol–water partition coefficient (Wildman–Crippen LogP) is -0.0413. The molecule has 0 radical (unpaired) electrons. The van der Waals surface area contributed by atoms with Crippen LogP contribution in [0.2, 0.25) is 0 Å². The molecule has 0 amide bonds. The molecule has 0 saturated carbocycles. The average molecular weight is 119 g/mol. The minimum Gasteiger partial charge on any atom is -0.284 e. The topological polar surface area (TPSA) is 29.1 Å². The van der Waals surface area contributed by atoms with Gasteiger partial charge in [-0.05, 0) is 13.0 Å². The standard InChI is InChI=1S/C4H9NOS/c1-2-3-5-4-7-6/h4-5H,2-3H2,1H3. The summed E-state index contributed by atoms with van der Waals surface area (Å²) in [5, 5.41) is 2.81. The van der Waals surface area contributed by atoms with Crippen molar-refractivity contribution in [3.63, 3.8) is 0 Å². The molecule has 0 fully saturated rings. The molecule has 3 heteroatoms. The Kier molecular flexibility index (Phi) is 5.72. The van der Waals surface area contributed by atoms with E-state index in [2.05, 4.69) is 12.2 Å². The van der Waals surface area contributed by atoms with Gasteiger partial charge in [-0.25, -0.2) is 4.21 Å². The summed E-state index contributed by atoms with van der Waals surface area (Å²) < 4.78 is 9.60. The Morgan fingerprint density at radius 3 is 3.00 bits per heavy atom. The normalized spacial score (nSPS) is 8.14. The van der Waals surface area contributed by atoms with Gasteiger partial charge < -0.3 is 0 Å². The molecule has 0 heterocycles. The molecule has 0 aliphatic heterocycles. The molecule has 0 bridgehead atoms. The van der Waals surface area contributed by atoms with Gasteiger partial charge in [-0.2, -0.15) is 0 Å². The zero-order chi connectivity index (χ0) is 5.54. The second kappa shape index (κ2) is 5.85. The summed E-state index contributed by atoms with van der Waals surface area (Å²) in [5.41, 5.74) is 1.45. The first-order valence-electron chi connectivity index (χ1n) is 2.25. The summed E-state index contributed by atoms with van der Waals surface area (Å²) in [6.07, 6.45) is 1.07. The molecule has 0 aromatic rings. The molecule has 42 valence electrons. The van der Waals surface area contributed by atoms with Gasteiger partial charge >= 0.3 is 0 Å². The van der Waals surface area contributed by atoms with Crippen LogP contribution in [0.4, 0.5) is 0 Å². The monoisotopic (exact) mass is 119 g/mol. The van der Waals surface area contributed by atoms with E-state index in [0.29, 0.717) is 11.3 Å². The van der Waals surface area contributed by atoms with E-state index in [-0.39, 0.29) is 0 Å². The molecule has 0 aliphatic rings. The highest BCUT2D eigenvalue weighted by Crippen LogP contribution is 1.63. The van der Waals surface area contributed by atoms with Crippen LogP contribution in [0.3, 0.4) is 0 Å². The molecule has 7 heavy (non-hydrogen) atoms. The highest BCUT2D eigenvalue weighted by molar-refractivity contribution is 7.64. The highest BCUT2D eigenvalue weighted by atomic mass is 32.1. The molecule has 0 saturated heterocycles. The van der Waals surface area contributed by atoms with Gasteiger partial charge in [0, 0.05) is 0 Å². The second-order valence-corrected chi connectivity index (χ2v) is 1.60. The number of rotatable bonds is 3. The van der Waals surface area contributed by atoms with Crippen LogP contribution in [-0.4, -0.2) is 16.2 Å². The smallest absolute Gasteiger partial charge is 0.100 e. The van der Waals surface area contributed by atoms with Gasteiger partial charge in [0.2, 0.25) is 0 Å². The lowest BCUT2D eigenvalue weighted by Gasteiger charge is -1.85. The van der Waals surface area contributed by atoms with Crippen molar-refractivity contribution in [1.29, 1.82) is 0 Å². The fourth-order valence-corrected chi connectivity index (χ4v) is 0.423. The first kappa shape index (κ1) is 6.85. The molecule has 0 aliphatic carbocycles. The first-order chi connectivity index (χ1) is 3.41. The van der Waals surface area contributed by atoms with Crippen LogP contribution in [0.15, 0.2) is 0 Å². The summed E-state index contributed by atoms with van der Waals surface area (Å²) in [6.45, 7) is 2.95. The quantitative estimate of drug-likeness (QED) is 0.417. The van der Waals surface area contributed by atoms with Crippen molar-refractivity contribution in [2.45, 2.75) is 13.3 Å². The number of nitrogens with one attached hydrogen (secondary N) is 1. The van der Waals surface area contributed by atoms with Crippen LogP contribution < -0.4 is 5.32 Å². The van der Waals surface area contributed by atoms with Crippen molar-refractivity contribution in [1.82, 2.24) is 5.32 Å². The van der Waals surface area contributed by atoms with Crippen LogP contribution in [0.5, 0.6) is 0 Å². The summed E-state index contributed by atoms with van der Waals surface area (Å²) in [6, 6.07) is 0. The Morgan fingerprint density at radius 2 is 2.57 bits per heavy atom. The molecule has 0 unspecified atom stereocenters. The number of hydrogen-bond acceptors (Lipinski definition) is 1. The molecule has 0 atom stereocenters. The lowest BCUT2D eigenvalue weighted by atomic mass is 10.5. The lowest BCUT2D eigenvalue weighted by molar-refractivity contribution is 0.700. The van der Waals surface area contributed by atoms with E-state index in [4.69, 9.17) is 0 Å². The fraction of sp³-hybridized carbons (Fsp3) is 0.750. The Balaban J connectivity index is 2.83. The van der Waals surface area contributed by atoms with E-state index in [1.807, 2.05) is 0 Å². The molecule has 0 aromatic carbocycles. The van der Waals surface area contributed by atoms with E-state index < -0.39 is 0 Å². The van der Waals surface area contributed by atoms with Crippen molar-refractivity contribution < 1.29 is 4.21 Å². The zero-order valence-electron chi connectivity index (χ0n) is 4.31. The van der Waals surface area contributed by atoms with Crippen LogP contribution >= 0.6 is 0 Å². The lowest BCUT2D eigenvalue weighted by Crippen LogP contribution is -2.10. The van der Waals surface area contributed by atoms with Crippen molar-refractivity contribution in [2.75, 3.05) is 6.54 Å². The zero-order valence-corrected chi connectivity index (χ0v) is 5.12. The van der Waals surface area contributed by atoms with Gasteiger partial charge in [0.05, 0.1) is 5.49 Å². The fourth-order valence-electron chi connectivity index (χ4n) is 0.237. The van der Waals surface area contributed by atoms with E-state index in [1.54, 1.807) is 0 Å². The van der Waals surface area contributed by atoms with Crippen molar-refractivity contribution in [3.05, 3.63) is 0 Å². The van der Waals surface area contributed by atoms with Gasteiger partial charge in [-0.1, -0.05) is 6.92 Å². The van der Waals surface area contributed by atoms with Crippen LogP contribution in [-0.2, 0) is 11.3 Å². The molecule has 0 rings (SSSR count). The van der Waals surface area contributed by atoms with Crippen molar-refractivity contribution in [2.24, 2.45) is 0 Å². The van der Waals surface area contributed by atoms with Crippen molar-refractivity contribution >= 4 is 16.7 Å². The third kappa shape index (κ3) is 5.85. The molecule has 1 N–H and O–H groups in total. The summed E-state index contributed by atoms with van der Waals surface area (Å²) in [5.74, 6) is 0. The molecule has 0 aromatic heterocycles. The Hall–Kier alpha value is -0.150. The number of hydrogen-bond donors (Lipinski definition) is 1. The third-order valence-corrected chi connectivity index (χ3v) is 0.789. The van der Waals surface area contributed by atoms with E-state index in [9.17, 15) is 4.21 Å². The maximum Gasteiger partial charge on any atom is 0.100 e. The predicted molar refractivity (Wildman–Crippen MR) is 32.5 cm³/mol. The van der Waals surface area contributed by atoms with E-state index in [1.165, 1.54) is 5.49 Å². The van der Waals surface area contributed by atoms with Crippen LogP contribution in [0.1, 0.15) is 13.3 Å². The average Bonchev–Trinajstić information content (AvgIpc) is 1.69. The summed E-state index contributed by atoms with van der Waals surface area (Å²) in [7, 11) is 0. The molecule has 0 spiro atoms. The maximum absolute atomic E-state index is 9.60. The Morgan fingerprint density at radius 1 is 1.86 bits per heavy atom. The van der Waals surface area contributed by atoms with Gasteiger partial charge in [0.25, 0.3) is 0 Å². The second-order valence-electron chi connectivity index (χ2n) is 1.17. The minimum atomic E-state index is 0.455. The van der Waals surface area contributed by atoms with Gasteiger partial charge in [0.15, 0.2) is 0 Å². The van der Waals surface area contributed by atoms with Crippen LogP contribution in [0.25, 0.3) is 0 Å². The van der Waals surface area contributed by atoms with Crippen LogP contribution in [0, 0.1) is 0 Å². The largest absolute Gasteiger partial charge is 0.284 e. The van der Waals surface area contributed by atoms with E-state index in [0.717, 1.165) is 13.0 Å². The van der Waals surface area contributed by atoms with Gasteiger partial charge in [-0.3, -0.25) is 5.32 Å². The Bertz CT molecular complexity index is 77.8. The maximum atomic E-state index is 9.60. The minimum absolute atomic E-state index is 0.455. The third-order valence-electron chi connectivity index (χ3n) is 0.526. The molecular formula is C4H9NOS. The summed E-state index contributed by atoms with van der Waals surface area (Å²) in [4.78, 5) is 0. The molecule has 2 nitrogen and oxygen atoms in total. The first-order valence-corrected chi connectivity index (χ1v) is 3.06. The summed E-state index contributed by atoms with van der Waals surface area (Å²) >= 11 is 0.455.